The number of esters is 1. The summed E-state index contributed by atoms with van der Waals surface area (Å²) in [6, 6.07) is 2.91. The van der Waals surface area contributed by atoms with Gasteiger partial charge in [-0.3, -0.25) is 9.69 Å². The third-order valence-electron chi connectivity index (χ3n) is 4.80. The van der Waals surface area contributed by atoms with Crippen LogP contribution in [0, 0.1) is 5.82 Å². The zero-order chi connectivity index (χ0) is 18.7. The number of carbonyl (C=O) groups is 2. The average molecular weight is 361 g/mol. The molecule has 3 rings (SSSR count). The molecule has 7 heteroatoms. The highest BCUT2D eigenvalue weighted by Crippen LogP contribution is 2.33. The summed E-state index contributed by atoms with van der Waals surface area (Å²) in [4.78, 5) is 29.4. The van der Waals surface area contributed by atoms with Gasteiger partial charge in [-0.15, -0.1) is 0 Å². The van der Waals surface area contributed by atoms with E-state index in [-0.39, 0.29) is 11.3 Å². The lowest BCUT2D eigenvalue weighted by Crippen LogP contribution is -2.46. The number of piperazine rings is 1. The number of rotatable bonds is 5. The standard InChI is InChI=1S/C19H24FN3O3/c1-3-5-21-6-8-23(9-7-21)18-11-17-15(10-16(18)20)19(25)26-14(13-24)12-22(17)4-2/h10-13H,3-9H2,1-2H3. The third-order valence-corrected chi connectivity index (χ3v) is 4.80. The van der Waals surface area contributed by atoms with Crippen molar-refractivity contribution in [1.29, 1.82) is 0 Å². The van der Waals surface area contributed by atoms with E-state index in [1.807, 2.05) is 11.8 Å². The predicted octanol–water partition coefficient (Wildman–Crippen LogP) is 2.39. The number of benzene rings is 1. The summed E-state index contributed by atoms with van der Waals surface area (Å²) in [6.07, 6.45) is 3.07. The number of aldehydes is 1. The van der Waals surface area contributed by atoms with E-state index < -0.39 is 11.8 Å². The van der Waals surface area contributed by atoms with Crippen molar-refractivity contribution in [2.75, 3.05) is 49.1 Å². The molecule has 140 valence electrons. The van der Waals surface area contributed by atoms with Crippen molar-refractivity contribution in [3.8, 4) is 0 Å². The molecule has 0 unspecified atom stereocenters. The molecule has 26 heavy (non-hydrogen) atoms. The average Bonchev–Trinajstić information content (AvgIpc) is 2.78. The van der Waals surface area contributed by atoms with Crippen LogP contribution in [0.1, 0.15) is 30.6 Å². The highest BCUT2D eigenvalue weighted by atomic mass is 19.1. The largest absolute Gasteiger partial charge is 0.418 e. The third kappa shape index (κ3) is 3.58. The molecule has 0 atom stereocenters. The second kappa shape index (κ2) is 7.86. The van der Waals surface area contributed by atoms with Crippen LogP contribution in [0.25, 0.3) is 0 Å². The molecule has 2 heterocycles. The highest BCUT2D eigenvalue weighted by Gasteiger charge is 2.27. The van der Waals surface area contributed by atoms with E-state index in [2.05, 4.69) is 11.8 Å². The molecule has 6 nitrogen and oxygen atoms in total. The van der Waals surface area contributed by atoms with Gasteiger partial charge in [0.1, 0.15) is 5.82 Å². The SMILES string of the molecule is CCCN1CCN(c2cc3c(cc2F)C(=O)OC(C=O)=CN3CC)CC1. The van der Waals surface area contributed by atoms with Crippen LogP contribution < -0.4 is 9.80 Å². The number of allylic oxidation sites excluding steroid dienone is 1. The zero-order valence-electron chi connectivity index (χ0n) is 15.2. The van der Waals surface area contributed by atoms with Crippen molar-refractivity contribution < 1.29 is 18.7 Å². The number of ether oxygens (including phenoxy) is 1. The van der Waals surface area contributed by atoms with Gasteiger partial charge < -0.3 is 14.5 Å². The Labute approximate surface area is 152 Å². The predicted molar refractivity (Wildman–Crippen MR) is 97.9 cm³/mol. The molecule has 0 saturated carbocycles. The minimum absolute atomic E-state index is 0.0804. The van der Waals surface area contributed by atoms with Gasteiger partial charge in [0.15, 0.2) is 12.0 Å². The van der Waals surface area contributed by atoms with Gasteiger partial charge in [-0.05, 0) is 32.0 Å². The molecular formula is C19H24FN3O3. The molecule has 0 N–H and O–H groups in total. The summed E-state index contributed by atoms with van der Waals surface area (Å²) in [5.74, 6) is -1.24. The number of hydrogen-bond acceptors (Lipinski definition) is 6. The van der Waals surface area contributed by atoms with Crippen LogP contribution in [0.3, 0.4) is 0 Å². The van der Waals surface area contributed by atoms with E-state index in [0.717, 1.165) is 39.1 Å². The second-order valence-electron chi connectivity index (χ2n) is 6.47. The summed E-state index contributed by atoms with van der Waals surface area (Å²) >= 11 is 0. The monoisotopic (exact) mass is 361 g/mol. The van der Waals surface area contributed by atoms with Gasteiger partial charge in [-0.1, -0.05) is 6.92 Å². The van der Waals surface area contributed by atoms with E-state index in [9.17, 15) is 14.0 Å². The van der Waals surface area contributed by atoms with Gasteiger partial charge in [0.25, 0.3) is 0 Å². The lowest BCUT2D eigenvalue weighted by atomic mass is 10.1. The first-order valence-electron chi connectivity index (χ1n) is 9.04. The van der Waals surface area contributed by atoms with Crippen LogP contribution in [0.5, 0.6) is 0 Å². The van der Waals surface area contributed by atoms with Crippen LogP contribution >= 0.6 is 0 Å². The quantitative estimate of drug-likeness (QED) is 0.593. The van der Waals surface area contributed by atoms with Crippen molar-refractivity contribution in [2.24, 2.45) is 0 Å². The van der Waals surface area contributed by atoms with E-state index in [4.69, 9.17) is 4.74 Å². The zero-order valence-corrected chi connectivity index (χ0v) is 15.2. The maximum Gasteiger partial charge on any atom is 0.345 e. The molecule has 2 aliphatic rings. The van der Waals surface area contributed by atoms with E-state index in [1.54, 1.807) is 11.0 Å². The molecule has 1 saturated heterocycles. The highest BCUT2D eigenvalue weighted by molar-refractivity contribution is 6.00. The summed E-state index contributed by atoms with van der Waals surface area (Å²) in [6.45, 7) is 8.87. The van der Waals surface area contributed by atoms with Gasteiger partial charge in [0, 0.05) is 32.7 Å². The number of nitrogens with zero attached hydrogens (tertiary/aromatic N) is 3. The Kier molecular flexibility index (Phi) is 5.56. The van der Waals surface area contributed by atoms with Crippen LogP contribution in [0.2, 0.25) is 0 Å². The number of anilines is 2. The molecule has 0 aliphatic carbocycles. The number of carbonyl (C=O) groups excluding carboxylic acids is 2. The van der Waals surface area contributed by atoms with E-state index in [1.165, 1.54) is 12.3 Å². The first kappa shape index (κ1) is 18.4. The minimum Gasteiger partial charge on any atom is -0.418 e. The lowest BCUT2D eigenvalue weighted by Gasteiger charge is -2.36. The molecule has 1 fully saturated rings. The van der Waals surface area contributed by atoms with Crippen molar-refractivity contribution >= 4 is 23.6 Å². The summed E-state index contributed by atoms with van der Waals surface area (Å²) in [5, 5.41) is 0. The molecule has 1 aromatic carbocycles. The fraction of sp³-hybridized carbons (Fsp3) is 0.474. The molecule has 0 radical (unpaired) electrons. The topological polar surface area (TPSA) is 53.1 Å². The molecule has 0 aromatic heterocycles. The Bertz CT molecular complexity index is 727. The van der Waals surface area contributed by atoms with Gasteiger partial charge in [-0.2, -0.15) is 0 Å². The van der Waals surface area contributed by atoms with Crippen LogP contribution in [0.15, 0.2) is 24.1 Å². The Morgan fingerprint density at radius 1 is 1.15 bits per heavy atom. The van der Waals surface area contributed by atoms with E-state index >= 15 is 0 Å². The van der Waals surface area contributed by atoms with Crippen molar-refractivity contribution in [2.45, 2.75) is 20.3 Å². The van der Waals surface area contributed by atoms with Crippen molar-refractivity contribution in [1.82, 2.24) is 4.90 Å². The molecule has 2 aliphatic heterocycles. The van der Waals surface area contributed by atoms with Crippen LogP contribution in [-0.2, 0) is 9.53 Å². The second-order valence-corrected chi connectivity index (χ2v) is 6.47. The maximum absolute atomic E-state index is 14.8. The summed E-state index contributed by atoms with van der Waals surface area (Å²) in [5.41, 5.74) is 1.17. The molecule has 0 amide bonds. The summed E-state index contributed by atoms with van der Waals surface area (Å²) < 4.78 is 19.8. The lowest BCUT2D eigenvalue weighted by molar-refractivity contribution is -0.107. The Morgan fingerprint density at radius 3 is 2.50 bits per heavy atom. The number of halogens is 1. The van der Waals surface area contributed by atoms with Gasteiger partial charge in [0.2, 0.25) is 0 Å². The first-order valence-corrected chi connectivity index (χ1v) is 9.04. The number of hydrogen-bond donors (Lipinski definition) is 0. The van der Waals surface area contributed by atoms with Crippen molar-refractivity contribution in [3.63, 3.8) is 0 Å². The molecular weight excluding hydrogens is 337 g/mol. The Hall–Kier alpha value is -2.41. The first-order chi connectivity index (χ1) is 12.6. The molecule has 1 aromatic rings. The van der Waals surface area contributed by atoms with Gasteiger partial charge in [-0.25, -0.2) is 9.18 Å². The Balaban J connectivity index is 1.93. The smallest absolute Gasteiger partial charge is 0.345 e. The van der Waals surface area contributed by atoms with Crippen molar-refractivity contribution in [3.05, 3.63) is 35.5 Å². The fourth-order valence-corrected chi connectivity index (χ4v) is 3.45. The van der Waals surface area contributed by atoms with Gasteiger partial charge in [0.05, 0.1) is 23.1 Å². The van der Waals surface area contributed by atoms with Crippen LogP contribution in [0.4, 0.5) is 15.8 Å². The Morgan fingerprint density at radius 2 is 1.88 bits per heavy atom. The normalized spacial score (nSPS) is 18.1. The number of fused-ring (bicyclic) bond motifs is 1. The fourth-order valence-electron chi connectivity index (χ4n) is 3.45. The van der Waals surface area contributed by atoms with Crippen LogP contribution in [-0.4, -0.2) is 56.4 Å². The molecule has 0 bridgehead atoms. The van der Waals surface area contributed by atoms with E-state index in [0.29, 0.717) is 24.2 Å². The molecule has 0 spiro atoms. The summed E-state index contributed by atoms with van der Waals surface area (Å²) in [7, 11) is 0. The number of cyclic esters (lactones) is 1. The minimum atomic E-state index is -0.715. The maximum atomic E-state index is 14.8. The van der Waals surface area contributed by atoms with Gasteiger partial charge >= 0.3 is 5.97 Å².